The van der Waals surface area contributed by atoms with Crippen LogP contribution in [0.4, 0.5) is 0 Å². The van der Waals surface area contributed by atoms with E-state index in [1.54, 1.807) is 12.0 Å². The van der Waals surface area contributed by atoms with Gasteiger partial charge in [-0.05, 0) is 92.6 Å². The van der Waals surface area contributed by atoms with Crippen molar-refractivity contribution in [3.8, 4) is 0 Å². The molecule has 0 saturated carbocycles. The van der Waals surface area contributed by atoms with E-state index in [1.165, 1.54) is 11.1 Å². The van der Waals surface area contributed by atoms with Crippen LogP contribution >= 0.6 is 0 Å². The number of nitrogens with one attached hydrogen (secondary N) is 2. The number of hydrogen-bond acceptors (Lipinski definition) is 9. The molecule has 0 saturated heterocycles. The van der Waals surface area contributed by atoms with Gasteiger partial charge in [-0.3, -0.25) is 9.78 Å². The van der Waals surface area contributed by atoms with Crippen molar-refractivity contribution in [3.63, 3.8) is 0 Å². The molecule has 0 spiro atoms. The predicted octanol–water partition coefficient (Wildman–Crippen LogP) is 8.08. The Morgan fingerprint density at radius 2 is 1.33 bits per heavy atom. The number of methoxy groups -OCH3 is 1. The number of H-pyrrole nitrogens is 2. The molecule has 2 atom stereocenters. The molecule has 12 heteroatoms. The normalized spacial score (nSPS) is 15.4. The lowest BCUT2D eigenvalue weighted by atomic mass is 9.86. The van der Waals surface area contributed by atoms with E-state index in [0.29, 0.717) is 92.1 Å². The van der Waals surface area contributed by atoms with Gasteiger partial charge in [0.05, 0.1) is 84.1 Å². The lowest BCUT2D eigenvalue weighted by Crippen LogP contribution is -2.30. The number of aromatic amines is 2. The minimum atomic E-state index is 0.0689. The fraction of sp³-hybridized carbons (Fsp3) is 0.543. The maximum absolute atomic E-state index is 13.4. The fourth-order valence-corrected chi connectivity index (χ4v) is 7.59. The van der Waals surface area contributed by atoms with E-state index in [1.807, 2.05) is 13.1 Å². The van der Waals surface area contributed by atoms with Crippen LogP contribution in [0, 0.1) is 20.8 Å². The Hall–Kier alpha value is -4.17. The van der Waals surface area contributed by atoms with Crippen molar-refractivity contribution in [1.29, 1.82) is 0 Å². The number of ether oxygens (including phenoxy) is 6. The van der Waals surface area contributed by atoms with Crippen LogP contribution in [0.2, 0.25) is 0 Å². The van der Waals surface area contributed by atoms with Crippen LogP contribution < -0.4 is 0 Å². The van der Waals surface area contributed by atoms with Crippen molar-refractivity contribution < 1.29 is 33.2 Å². The zero-order valence-corrected chi connectivity index (χ0v) is 36.1. The fourth-order valence-electron chi connectivity index (χ4n) is 7.59. The zero-order chi connectivity index (χ0) is 41.6. The van der Waals surface area contributed by atoms with Gasteiger partial charge in [-0.15, -0.1) is 0 Å². The molecule has 0 radical (unpaired) electrons. The Balaban J connectivity index is 1.19. The van der Waals surface area contributed by atoms with Gasteiger partial charge in [0, 0.05) is 78.0 Å². The average molecular weight is 800 g/mol. The summed E-state index contributed by atoms with van der Waals surface area (Å²) in [5.74, 6) is 0.265. The van der Waals surface area contributed by atoms with Gasteiger partial charge in [0.2, 0.25) is 5.91 Å². The van der Waals surface area contributed by atoms with E-state index in [-0.39, 0.29) is 17.7 Å². The summed E-state index contributed by atoms with van der Waals surface area (Å²) in [4.78, 5) is 33.0. The highest BCUT2D eigenvalue weighted by atomic mass is 16.6. The van der Waals surface area contributed by atoms with Crippen LogP contribution in [-0.4, -0.2) is 124 Å². The van der Waals surface area contributed by atoms with E-state index in [0.717, 1.165) is 73.5 Å². The lowest BCUT2D eigenvalue weighted by molar-refractivity contribution is -0.130. The molecule has 3 aromatic rings. The number of aromatic nitrogens is 4. The maximum Gasteiger partial charge on any atom is 0.222 e. The van der Waals surface area contributed by atoms with Gasteiger partial charge in [-0.1, -0.05) is 26.5 Å². The standard InChI is InChI=1S/C46H65N5O7/c1-10-35-32(5)41-29-44-36(11-2)31(4)40(48-44)28-42-33(6)37(46(50-42)34(7)39-26-30(3)38(47-39)27-43(35)49-41)12-13-45(52)51(8)14-15-54-18-19-56-22-23-58-25-24-57-21-20-55-17-16-53-9/h11,26-29,33,37,47-48H,2,10,12-25H2,1,3-9H3/t33-,37-/m0/s1. The van der Waals surface area contributed by atoms with E-state index in [4.69, 9.17) is 38.4 Å². The Labute approximate surface area is 344 Å². The van der Waals surface area contributed by atoms with E-state index in [2.05, 4.69) is 82.4 Å². The number of carbonyl (C=O) groups excluding carboxylic acids is 1. The largest absolute Gasteiger partial charge is 0.382 e. The highest BCUT2D eigenvalue weighted by molar-refractivity contribution is 5.93. The third-order valence-electron chi connectivity index (χ3n) is 11.3. The summed E-state index contributed by atoms with van der Waals surface area (Å²) in [5.41, 5.74) is 14.9. The summed E-state index contributed by atoms with van der Waals surface area (Å²) in [6, 6.07) is 8.70. The van der Waals surface area contributed by atoms with Crippen LogP contribution in [-0.2, 0) is 33.2 Å². The van der Waals surface area contributed by atoms with E-state index in [9.17, 15) is 4.79 Å². The van der Waals surface area contributed by atoms with Crippen molar-refractivity contribution in [2.24, 2.45) is 0 Å². The molecule has 316 valence electrons. The molecule has 0 fully saturated rings. The topological polar surface area (TPSA) is 133 Å². The molecule has 5 rings (SSSR count). The number of amides is 1. The molecule has 12 nitrogen and oxygen atoms in total. The number of allylic oxidation sites excluding steroid dienone is 2. The van der Waals surface area contributed by atoms with Crippen molar-refractivity contribution in [3.05, 3.63) is 75.9 Å². The Kier molecular flexibility index (Phi) is 17.2. The lowest BCUT2D eigenvalue weighted by Gasteiger charge is -2.20. The number of aryl methyl sites for hydroxylation is 3. The molecule has 2 aliphatic heterocycles. The van der Waals surface area contributed by atoms with Gasteiger partial charge in [0.1, 0.15) is 0 Å². The van der Waals surface area contributed by atoms with Gasteiger partial charge in [-0.25, -0.2) is 4.98 Å². The van der Waals surface area contributed by atoms with Gasteiger partial charge in [-0.2, -0.15) is 0 Å². The molecule has 0 unspecified atom stereocenters. The monoisotopic (exact) mass is 799 g/mol. The second-order valence-corrected chi connectivity index (χ2v) is 15.1. The number of rotatable bonds is 23. The first-order chi connectivity index (χ1) is 28.1. The van der Waals surface area contributed by atoms with Gasteiger partial charge < -0.3 is 43.3 Å². The minimum absolute atomic E-state index is 0.0689. The third kappa shape index (κ3) is 11.5. The number of fused-ring (bicyclic) bond motifs is 8. The van der Waals surface area contributed by atoms with Crippen molar-refractivity contribution in [2.75, 3.05) is 93.4 Å². The molecule has 2 N–H and O–H groups in total. The average Bonchev–Trinajstić information content (AvgIpc) is 3.92. The minimum Gasteiger partial charge on any atom is -0.382 e. The SMILES string of the molecule is C=Cc1c(C)c2cc3nc(c(C)c4cc(C)c(cc5nc(cc1[nH]2)C(C)=C5CC)[nH]4)[C@@H](CCC(=O)N(C)CCOCCOCCOCCOCCOCCOC)[C@@H]3C. The van der Waals surface area contributed by atoms with Crippen LogP contribution in [0.25, 0.3) is 39.3 Å². The van der Waals surface area contributed by atoms with Crippen LogP contribution in [0.3, 0.4) is 0 Å². The third-order valence-corrected chi connectivity index (χ3v) is 11.3. The second kappa shape index (κ2) is 22.3. The summed E-state index contributed by atoms with van der Waals surface area (Å²) in [6.07, 6.45) is 3.90. The van der Waals surface area contributed by atoms with Crippen molar-refractivity contribution in [1.82, 2.24) is 24.8 Å². The van der Waals surface area contributed by atoms with Crippen LogP contribution in [0.5, 0.6) is 0 Å². The molecule has 3 aromatic heterocycles. The number of carbonyl (C=O) groups is 1. The van der Waals surface area contributed by atoms with Gasteiger partial charge in [0.15, 0.2) is 0 Å². The molecule has 5 heterocycles. The highest BCUT2D eigenvalue weighted by Crippen LogP contribution is 2.42. The van der Waals surface area contributed by atoms with E-state index < -0.39 is 0 Å². The quantitative estimate of drug-likeness (QED) is 0.0914. The second-order valence-electron chi connectivity index (χ2n) is 15.1. The maximum atomic E-state index is 13.4. The summed E-state index contributed by atoms with van der Waals surface area (Å²) in [7, 11) is 3.49. The zero-order valence-electron chi connectivity index (χ0n) is 36.1. The van der Waals surface area contributed by atoms with Crippen LogP contribution in [0.1, 0.15) is 96.9 Å². The molecule has 0 aromatic carbocycles. The van der Waals surface area contributed by atoms with Crippen molar-refractivity contribution >= 4 is 45.2 Å². The Morgan fingerprint density at radius 3 is 1.93 bits per heavy atom. The number of likely N-dealkylation sites (N-methyl/N-ethyl adjacent to an activating group) is 1. The summed E-state index contributed by atoms with van der Waals surface area (Å²) >= 11 is 0. The van der Waals surface area contributed by atoms with Crippen molar-refractivity contribution in [2.45, 2.75) is 72.6 Å². The van der Waals surface area contributed by atoms with Gasteiger partial charge in [0.25, 0.3) is 0 Å². The molecule has 58 heavy (non-hydrogen) atoms. The molecule has 0 aliphatic carbocycles. The highest BCUT2D eigenvalue weighted by Gasteiger charge is 2.31. The molecular formula is C46H65N5O7. The van der Waals surface area contributed by atoms with Gasteiger partial charge >= 0.3 is 0 Å². The van der Waals surface area contributed by atoms with Crippen LogP contribution in [0.15, 0.2) is 30.8 Å². The number of hydrogen-bond donors (Lipinski definition) is 2. The first-order valence-corrected chi connectivity index (χ1v) is 20.7. The smallest absolute Gasteiger partial charge is 0.222 e. The Bertz CT molecular complexity index is 2050. The molecule has 1 amide bonds. The summed E-state index contributed by atoms with van der Waals surface area (Å²) < 4.78 is 32.7. The summed E-state index contributed by atoms with van der Waals surface area (Å²) in [5, 5.41) is 0. The number of nitrogens with zero attached hydrogens (tertiary/aromatic N) is 3. The first kappa shape index (κ1) is 44.9. The Morgan fingerprint density at radius 1 is 0.759 bits per heavy atom. The molecule has 8 bridgehead atoms. The predicted molar refractivity (Wildman–Crippen MR) is 232 cm³/mol. The first-order valence-electron chi connectivity index (χ1n) is 20.7. The molecular weight excluding hydrogens is 735 g/mol. The molecule has 2 aliphatic rings. The van der Waals surface area contributed by atoms with E-state index >= 15 is 0 Å². The summed E-state index contributed by atoms with van der Waals surface area (Å²) in [6.45, 7) is 23.2.